The Bertz CT molecular complexity index is 652. The van der Waals surface area contributed by atoms with E-state index in [-0.39, 0.29) is 35.8 Å². The number of piperidine rings is 1. The van der Waals surface area contributed by atoms with E-state index in [1.54, 1.807) is 25.2 Å². The zero-order valence-electron chi connectivity index (χ0n) is 17.3. The molecule has 2 rings (SSSR count). The van der Waals surface area contributed by atoms with E-state index in [0.717, 1.165) is 19.3 Å². The average molecular weight is 546 g/mol. The summed E-state index contributed by atoms with van der Waals surface area (Å²) >= 11 is 0. The summed E-state index contributed by atoms with van der Waals surface area (Å²) < 4.78 is 56.5. The van der Waals surface area contributed by atoms with Gasteiger partial charge in [0, 0.05) is 13.6 Å². The predicted molar refractivity (Wildman–Crippen MR) is 121 cm³/mol. The Hall–Kier alpha value is -1.30. The normalized spacial score (nSPS) is 17.2. The van der Waals surface area contributed by atoms with Crippen molar-refractivity contribution in [2.45, 2.75) is 38.5 Å². The number of para-hydroxylation sites is 1. The Labute approximate surface area is 192 Å². The molecule has 1 heterocycles. The van der Waals surface area contributed by atoms with E-state index in [0.29, 0.717) is 38.1 Å². The lowest BCUT2D eigenvalue weighted by Crippen LogP contribution is -2.43. The van der Waals surface area contributed by atoms with Gasteiger partial charge in [-0.2, -0.15) is 13.2 Å². The van der Waals surface area contributed by atoms with E-state index in [4.69, 9.17) is 4.74 Å². The largest absolute Gasteiger partial charge is 0.486 e. The van der Waals surface area contributed by atoms with Gasteiger partial charge in [-0.25, -0.2) is 4.39 Å². The fourth-order valence-corrected chi connectivity index (χ4v) is 3.34. The van der Waals surface area contributed by atoms with Crippen LogP contribution in [0.15, 0.2) is 29.3 Å². The van der Waals surface area contributed by atoms with Gasteiger partial charge in [0.05, 0.1) is 13.1 Å². The molecule has 1 aromatic rings. The minimum Gasteiger partial charge on any atom is -0.486 e. The first kappa shape index (κ1) is 26.7. The van der Waals surface area contributed by atoms with Crippen LogP contribution in [-0.4, -0.2) is 62.9 Å². The highest BCUT2D eigenvalue weighted by molar-refractivity contribution is 14.0. The second-order valence-electron chi connectivity index (χ2n) is 7.36. The number of hydrogen-bond acceptors (Lipinski definition) is 3. The summed E-state index contributed by atoms with van der Waals surface area (Å²) in [5, 5.41) is 6.35. The van der Waals surface area contributed by atoms with Crippen LogP contribution in [0.3, 0.4) is 0 Å². The van der Waals surface area contributed by atoms with E-state index < -0.39 is 18.5 Å². The van der Waals surface area contributed by atoms with E-state index in [2.05, 4.69) is 15.6 Å². The molecular weight excluding hydrogens is 515 g/mol. The van der Waals surface area contributed by atoms with Crippen molar-refractivity contribution in [3.63, 3.8) is 0 Å². The number of likely N-dealkylation sites (tertiary alicyclic amines) is 1. The van der Waals surface area contributed by atoms with Gasteiger partial charge in [-0.1, -0.05) is 12.1 Å². The van der Waals surface area contributed by atoms with Gasteiger partial charge in [-0.3, -0.25) is 9.89 Å². The molecule has 172 valence electrons. The summed E-state index contributed by atoms with van der Waals surface area (Å²) in [4.78, 5) is 5.62. The molecule has 1 aliphatic rings. The molecule has 0 aromatic heterocycles. The summed E-state index contributed by atoms with van der Waals surface area (Å²) in [5.41, 5.74) is 0. The molecule has 0 radical (unpaired) electrons. The standard InChI is InChI=1S/C20H30F4N4O.HI/c1-15(29-18-6-4-3-5-17(18)21)13-27-19(25-2)26-10-7-16-8-11-28(12-9-16)14-20(22,23)24;/h3-6,15-16H,7-14H2,1-2H3,(H2,25,26,27);1H. The molecule has 0 saturated carbocycles. The summed E-state index contributed by atoms with van der Waals surface area (Å²) in [6, 6.07) is 6.26. The van der Waals surface area contributed by atoms with E-state index in [1.165, 1.54) is 11.0 Å². The maximum atomic E-state index is 13.6. The Morgan fingerprint density at radius 2 is 1.90 bits per heavy atom. The van der Waals surface area contributed by atoms with Crippen molar-refractivity contribution in [1.82, 2.24) is 15.5 Å². The van der Waals surface area contributed by atoms with Crippen molar-refractivity contribution < 1.29 is 22.3 Å². The second-order valence-corrected chi connectivity index (χ2v) is 7.36. The lowest BCUT2D eigenvalue weighted by atomic mass is 9.93. The number of hydrogen-bond donors (Lipinski definition) is 2. The third-order valence-corrected chi connectivity index (χ3v) is 4.90. The Kier molecular flexibility index (Phi) is 11.7. The molecule has 1 fully saturated rings. The van der Waals surface area contributed by atoms with Crippen LogP contribution in [0.4, 0.5) is 17.6 Å². The molecule has 1 aromatic carbocycles. The first-order valence-electron chi connectivity index (χ1n) is 9.91. The van der Waals surface area contributed by atoms with Crippen molar-refractivity contribution in [3.05, 3.63) is 30.1 Å². The average Bonchev–Trinajstić information content (AvgIpc) is 2.66. The van der Waals surface area contributed by atoms with Gasteiger partial charge in [-0.05, 0) is 57.3 Å². The second kappa shape index (κ2) is 13.2. The Balaban J connectivity index is 0.00000450. The number of aliphatic imine (C=N–C) groups is 1. The molecule has 0 bridgehead atoms. The summed E-state index contributed by atoms with van der Waals surface area (Å²) in [6.07, 6.45) is -1.96. The number of alkyl halides is 3. The van der Waals surface area contributed by atoms with E-state index in [1.807, 2.05) is 6.92 Å². The Morgan fingerprint density at radius 1 is 1.23 bits per heavy atom. The number of nitrogens with one attached hydrogen (secondary N) is 2. The van der Waals surface area contributed by atoms with Gasteiger partial charge in [0.25, 0.3) is 0 Å². The lowest BCUT2D eigenvalue weighted by Gasteiger charge is -2.32. The molecule has 0 spiro atoms. The van der Waals surface area contributed by atoms with Gasteiger partial charge < -0.3 is 15.4 Å². The zero-order valence-corrected chi connectivity index (χ0v) is 19.7. The molecule has 1 unspecified atom stereocenters. The smallest absolute Gasteiger partial charge is 0.401 e. The number of guanidine groups is 1. The number of rotatable bonds is 8. The third kappa shape index (κ3) is 10.1. The van der Waals surface area contributed by atoms with E-state index in [9.17, 15) is 17.6 Å². The maximum absolute atomic E-state index is 13.6. The number of halogens is 5. The number of benzene rings is 1. The van der Waals surface area contributed by atoms with Crippen LogP contribution in [0.25, 0.3) is 0 Å². The number of nitrogens with zero attached hydrogens (tertiary/aromatic N) is 2. The molecule has 1 atom stereocenters. The molecule has 0 amide bonds. The highest BCUT2D eigenvalue weighted by Crippen LogP contribution is 2.24. The van der Waals surface area contributed by atoms with E-state index >= 15 is 0 Å². The lowest BCUT2D eigenvalue weighted by molar-refractivity contribution is -0.148. The molecule has 30 heavy (non-hydrogen) atoms. The van der Waals surface area contributed by atoms with Gasteiger partial charge in [0.15, 0.2) is 17.5 Å². The first-order chi connectivity index (χ1) is 13.8. The first-order valence-corrected chi connectivity index (χ1v) is 9.91. The zero-order chi connectivity index (χ0) is 21.3. The predicted octanol–water partition coefficient (Wildman–Crippen LogP) is 4.04. The molecule has 1 saturated heterocycles. The summed E-state index contributed by atoms with van der Waals surface area (Å²) in [5.74, 6) is 0.835. The fraction of sp³-hybridized carbons (Fsp3) is 0.650. The molecular formula is C20H31F4IN4O. The summed E-state index contributed by atoms with van der Waals surface area (Å²) in [7, 11) is 1.66. The van der Waals surface area contributed by atoms with Crippen LogP contribution in [0.1, 0.15) is 26.2 Å². The van der Waals surface area contributed by atoms with Crippen LogP contribution in [0.5, 0.6) is 5.75 Å². The quantitative estimate of drug-likeness (QED) is 0.224. The molecule has 5 nitrogen and oxygen atoms in total. The molecule has 2 N–H and O–H groups in total. The van der Waals surface area contributed by atoms with Crippen molar-refractivity contribution >= 4 is 29.9 Å². The fourth-order valence-electron chi connectivity index (χ4n) is 3.34. The molecule has 10 heteroatoms. The van der Waals surface area contributed by atoms with Crippen LogP contribution in [-0.2, 0) is 0 Å². The third-order valence-electron chi connectivity index (χ3n) is 4.90. The van der Waals surface area contributed by atoms with Gasteiger partial charge in [-0.15, -0.1) is 24.0 Å². The molecule has 1 aliphatic heterocycles. The highest BCUT2D eigenvalue weighted by Gasteiger charge is 2.32. The summed E-state index contributed by atoms with van der Waals surface area (Å²) in [6.45, 7) is 3.13. The minimum atomic E-state index is -4.13. The van der Waals surface area contributed by atoms with Gasteiger partial charge >= 0.3 is 6.18 Å². The Morgan fingerprint density at radius 3 is 2.50 bits per heavy atom. The maximum Gasteiger partial charge on any atom is 0.401 e. The van der Waals surface area contributed by atoms with Crippen LogP contribution in [0, 0.1) is 11.7 Å². The van der Waals surface area contributed by atoms with Crippen LogP contribution < -0.4 is 15.4 Å². The van der Waals surface area contributed by atoms with Crippen molar-refractivity contribution in [1.29, 1.82) is 0 Å². The van der Waals surface area contributed by atoms with Crippen molar-refractivity contribution in [2.24, 2.45) is 10.9 Å². The molecule has 0 aliphatic carbocycles. The van der Waals surface area contributed by atoms with Crippen molar-refractivity contribution in [3.8, 4) is 5.75 Å². The van der Waals surface area contributed by atoms with Gasteiger partial charge in [0.2, 0.25) is 0 Å². The minimum absolute atomic E-state index is 0. The van der Waals surface area contributed by atoms with Crippen molar-refractivity contribution in [2.75, 3.05) is 39.8 Å². The van der Waals surface area contributed by atoms with Gasteiger partial charge in [0.1, 0.15) is 6.10 Å². The monoisotopic (exact) mass is 546 g/mol. The highest BCUT2D eigenvalue weighted by atomic mass is 127. The van der Waals surface area contributed by atoms with Crippen LogP contribution >= 0.6 is 24.0 Å². The SMILES string of the molecule is CN=C(NCCC1CCN(CC(F)(F)F)CC1)NCC(C)Oc1ccccc1F.I. The number of ether oxygens (including phenoxy) is 1. The topological polar surface area (TPSA) is 48.9 Å². The van der Waals surface area contributed by atoms with Crippen LogP contribution in [0.2, 0.25) is 0 Å².